The van der Waals surface area contributed by atoms with Crippen LogP contribution in [-0.4, -0.2) is 17.3 Å². The Morgan fingerprint density at radius 3 is 2.88 bits per heavy atom. The van der Waals surface area contributed by atoms with E-state index in [1.54, 1.807) is 12.1 Å². The van der Waals surface area contributed by atoms with Crippen LogP contribution in [0.15, 0.2) is 18.2 Å². The van der Waals surface area contributed by atoms with Crippen molar-refractivity contribution >= 4 is 22.9 Å². The number of aromatic nitrogens is 2. The third-order valence-corrected chi connectivity index (χ3v) is 3.36. The van der Waals surface area contributed by atoms with Gasteiger partial charge in [0.05, 0.1) is 13.0 Å². The third-order valence-electron chi connectivity index (χ3n) is 1.98. The van der Waals surface area contributed by atoms with E-state index in [2.05, 4.69) is 10.2 Å². The normalized spacial score (nSPS) is 10.4. The predicted molar refractivity (Wildman–Crippen MR) is 61.4 cm³/mol. The van der Waals surface area contributed by atoms with Crippen molar-refractivity contribution < 1.29 is 9.13 Å². The van der Waals surface area contributed by atoms with Crippen LogP contribution < -0.4 is 4.74 Å². The van der Waals surface area contributed by atoms with Gasteiger partial charge in [0.25, 0.3) is 0 Å². The SMILES string of the molecule is COc1cc(-c2nnc(CCl)s2)ccc1F. The van der Waals surface area contributed by atoms with Crippen molar-refractivity contribution in [2.45, 2.75) is 5.88 Å². The number of alkyl halides is 1. The molecule has 0 radical (unpaired) electrons. The van der Waals surface area contributed by atoms with Gasteiger partial charge >= 0.3 is 0 Å². The maximum absolute atomic E-state index is 13.2. The second-order valence-electron chi connectivity index (χ2n) is 2.98. The Morgan fingerprint density at radius 2 is 2.25 bits per heavy atom. The van der Waals surface area contributed by atoms with Crippen molar-refractivity contribution in [1.29, 1.82) is 0 Å². The van der Waals surface area contributed by atoms with Crippen LogP contribution in [0.3, 0.4) is 0 Å². The number of hydrogen-bond donors (Lipinski definition) is 0. The van der Waals surface area contributed by atoms with Gasteiger partial charge in [-0.15, -0.1) is 21.8 Å². The van der Waals surface area contributed by atoms with Crippen molar-refractivity contribution in [2.75, 3.05) is 7.11 Å². The summed E-state index contributed by atoms with van der Waals surface area (Å²) in [7, 11) is 1.42. The molecule has 0 unspecified atom stereocenters. The molecule has 1 aromatic carbocycles. The van der Waals surface area contributed by atoms with Crippen molar-refractivity contribution in [3.8, 4) is 16.3 Å². The summed E-state index contributed by atoms with van der Waals surface area (Å²) in [6, 6.07) is 4.57. The number of methoxy groups -OCH3 is 1. The van der Waals surface area contributed by atoms with Crippen molar-refractivity contribution in [3.63, 3.8) is 0 Å². The lowest BCUT2D eigenvalue weighted by molar-refractivity contribution is 0.387. The summed E-state index contributed by atoms with van der Waals surface area (Å²) in [5.74, 6) is 0.129. The number of hydrogen-bond acceptors (Lipinski definition) is 4. The predicted octanol–water partition coefficient (Wildman–Crippen LogP) is 3.09. The second-order valence-corrected chi connectivity index (χ2v) is 4.31. The van der Waals surface area contributed by atoms with E-state index in [1.165, 1.54) is 24.5 Å². The van der Waals surface area contributed by atoms with Gasteiger partial charge in [-0.05, 0) is 18.2 Å². The van der Waals surface area contributed by atoms with E-state index in [0.717, 1.165) is 10.6 Å². The van der Waals surface area contributed by atoms with Crippen molar-refractivity contribution in [2.24, 2.45) is 0 Å². The summed E-state index contributed by atoms with van der Waals surface area (Å²) >= 11 is 7.01. The average molecular weight is 259 g/mol. The summed E-state index contributed by atoms with van der Waals surface area (Å²) in [5, 5.41) is 9.30. The molecule has 0 fully saturated rings. The van der Waals surface area contributed by atoms with Crippen LogP contribution in [0.5, 0.6) is 5.75 Å². The largest absolute Gasteiger partial charge is 0.494 e. The Hall–Kier alpha value is -1.20. The Labute approximate surface area is 101 Å². The Bertz CT molecular complexity index is 503. The summed E-state index contributed by atoms with van der Waals surface area (Å²) in [5.41, 5.74) is 0.770. The van der Waals surface area contributed by atoms with E-state index in [9.17, 15) is 4.39 Å². The van der Waals surface area contributed by atoms with Gasteiger partial charge in [0, 0.05) is 5.56 Å². The topological polar surface area (TPSA) is 35.0 Å². The molecule has 0 aliphatic carbocycles. The first-order chi connectivity index (χ1) is 7.74. The first kappa shape index (κ1) is 11.3. The number of benzene rings is 1. The molecule has 0 spiro atoms. The maximum Gasteiger partial charge on any atom is 0.165 e. The minimum absolute atomic E-state index is 0.195. The smallest absolute Gasteiger partial charge is 0.165 e. The summed E-state index contributed by atoms with van der Waals surface area (Å²) in [4.78, 5) is 0. The second kappa shape index (κ2) is 4.76. The molecule has 6 heteroatoms. The monoisotopic (exact) mass is 258 g/mol. The number of rotatable bonds is 3. The lowest BCUT2D eigenvalue weighted by Gasteiger charge is -2.02. The quantitative estimate of drug-likeness (QED) is 0.794. The van der Waals surface area contributed by atoms with Gasteiger partial charge in [-0.25, -0.2) is 4.39 Å². The van der Waals surface area contributed by atoms with Crippen molar-refractivity contribution in [1.82, 2.24) is 10.2 Å². The lowest BCUT2D eigenvalue weighted by Crippen LogP contribution is -1.88. The molecule has 3 nitrogen and oxygen atoms in total. The standard InChI is InChI=1S/C10H8ClFN2OS/c1-15-8-4-6(2-3-7(8)12)10-14-13-9(5-11)16-10/h2-4H,5H2,1H3. The molecular weight excluding hydrogens is 251 g/mol. The number of nitrogens with zero attached hydrogens (tertiary/aromatic N) is 2. The van der Waals surface area contributed by atoms with Crippen LogP contribution in [0.25, 0.3) is 10.6 Å². The van der Waals surface area contributed by atoms with Gasteiger partial charge in [-0.3, -0.25) is 0 Å². The molecule has 0 N–H and O–H groups in total. The zero-order valence-corrected chi connectivity index (χ0v) is 9.98. The molecule has 0 amide bonds. The molecule has 2 aromatic rings. The first-order valence-electron chi connectivity index (χ1n) is 4.47. The molecule has 16 heavy (non-hydrogen) atoms. The molecule has 1 heterocycles. The van der Waals surface area contributed by atoms with Crippen LogP contribution in [0.2, 0.25) is 0 Å². The number of halogens is 2. The molecule has 84 valence electrons. The zero-order valence-electron chi connectivity index (χ0n) is 8.41. The molecule has 0 saturated heterocycles. The van der Waals surface area contributed by atoms with Gasteiger partial charge < -0.3 is 4.74 Å². The van der Waals surface area contributed by atoms with Crippen molar-refractivity contribution in [3.05, 3.63) is 29.0 Å². The van der Waals surface area contributed by atoms with E-state index in [0.29, 0.717) is 10.9 Å². The Morgan fingerprint density at radius 1 is 1.44 bits per heavy atom. The number of ether oxygens (including phenoxy) is 1. The molecule has 0 aliphatic rings. The van der Waals surface area contributed by atoms with Gasteiger partial charge in [0.2, 0.25) is 0 Å². The minimum atomic E-state index is -0.395. The average Bonchev–Trinajstić information content (AvgIpc) is 2.78. The maximum atomic E-state index is 13.2. The molecule has 2 rings (SSSR count). The minimum Gasteiger partial charge on any atom is -0.494 e. The third kappa shape index (κ3) is 2.15. The summed E-state index contributed by atoms with van der Waals surface area (Å²) in [6.45, 7) is 0. The Kier molecular flexibility index (Phi) is 3.36. The highest BCUT2D eigenvalue weighted by molar-refractivity contribution is 7.14. The van der Waals surface area contributed by atoms with Gasteiger partial charge in [-0.2, -0.15) is 0 Å². The van der Waals surface area contributed by atoms with E-state index < -0.39 is 5.82 Å². The van der Waals surface area contributed by atoms with Gasteiger partial charge in [0.15, 0.2) is 11.6 Å². The van der Waals surface area contributed by atoms with Crippen LogP contribution in [0, 0.1) is 5.82 Å². The van der Waals surface area contributed by atoms with Crippen LogP contribution in [-0.2, 0) is 5.88 Å². The molecule has 0 atom stereocenters. The molecule has 0 aliphatic heterocycles. The first-order valence-corrected chi connectivity index (χ1v) is 5.82. The van der Waals surface area contributed by atoms with E-state index in [-0.39, 0.29) is 5.75 Å². The fourth-order valence-corrected chi connectivity index (χ4v) is 2.12. The fraction of sp³-hybridized carbons (Fsp3) is 0.200. The molecule has 0 saturated carbocycles. The lowest BCUT2D eigenvalue weighted by atomic mass is 10.2. The highest BCUT2D eigenvalue weighted by atomic mass is 35.5. The van der Waals surface area contributed by atoms with E-state index >= 15 is 0 Å². The van der Waals surface area contributed by atoms with Gasteiger partial charge in [-0.1, -0.05) is 11.3 Å². The molecular formula is C10H8ClFN2OS. The highest BCUT2D eigenvalue weighted by Gasteiger charge is 2.09. The summed E-state index contributed by atoms with van der Waals surface area (Å²) < 4.78 is 18.1. The fourth-order valence-electron chi connectivity index (χ4n) is 1.22. The van der Waals surface area contributed by atoms with Crippen LogP contribution >= 0.6 is 22.9 Å². The zero-order chi connectivity index (χ0) is 11.5. The van der Waals surface area contributed by atoms with Crippen LogP contribution in [0.1, 0.15) is 5.01 Å². The summed E-state index contributed by atoms with van der Waals surface area (Å²) in [6.07, 6.45) is 0. The van der Waals surface area contributed by atoms with Crippen LogP contribution in [0.4, 0.5) is 4.39 Å². The molecule has 1 aromatic heterocycles. The van der Waals surface area contributed by atoms with E-state index in [4.69, 9.17) is 16.3 Å². The highest BCUT2D eigenvalue weighted by Crippen LogP contribution is 2.28. The Balaban J connectivity index is 2.40. The van der Waals surface area contributed by atoms with E-state index in [1.807, 2.05) is 0 Å². The van der Waals surface area contributed by atoms with Gasteiger partial charge in [0.1, 0.15) is 10.0 Å². The molecule has 0 bridgehead atoms.